The predicted molar refractivity (Wildman–Crippen MR) is 103 cm³/mol. The molecule has 3 rings (SSSR count). The van der Waals surface area contributed by atoms with Gasteiger partial charge in [-0.3, -0.25) is 9.69 Å². The van der Waals surface area contributed by atoms with Crippen molar-refractivity contribution in [1.29, 1.82) is 0 Å². The molecule has 0 spiro atoms. The number of nitrogens with zero attached hydrogens (tertiary/aromatic N) is 4. The van der Waals surface area contributed by atoms with Crippen LogP contribution in [0.5, 0.6) is 0 Å². The average Bonchev–Trinajstić information content (AvgIpc) is 3.09. The molecule has 1 saturated heterocycles. The molecule has 0 radical (unpaired) electrons. The van der Waals surface area contributed by atoms with Gasteiger partial charge < -0.3 is 9.47 Å². The van der Waals surface area contributed by atoms with Crippen LogP contribution in [-0.2, 0) is 6.54 Å². The summed E-state index contributed by atoms with van der Waals surface area (Å²) < 4.78 is 3.18. The number of benzene rings is 1. The van der Waals surface area contributed by atoms with Gasteiger partial charge in [0.2, 0.25) is 0 Å². The number of hydrogen-bond acceptors (Lipinski definition) is 3. The normalized spacial score (nSPS) is 15.8. The third-order valence-electron chi connectivity index (χ3n) is 4.65. The molecular weight excluding hydrogens is 380 g/mol. The summed E-state index contributed by atoms with van der Waals surface area (Å²) in [5, 5.41) is 0. The zero-order chi connectivity index (χ0) is 17.8. The Morgan fingerprint density at radius 2 is 1.96 bits per heavy atom. The van der Waals surface area contributed by atoms with Gasteiger partial charge in [0.05, 0.1) is 0 Å². The molecule has 0 N–H and O–H groups in total. The van der Waals surface area contributed by atoms with Crippen LogP contribution in [0.15, 0.2) is 41.1 Å². The third-order valence-corrected chi connectivity index (χ3v) is 5.15. The maximum Gasteiger partial charge on any atom is 0.253 e. The Labute approximate surface area is 157 Å². The lowest BCUT2D eigenvalue weighted by Crippen LogP contribution is -2.49. The van der Waals surface area contributed by atoms with E-state index in [-0.39, 0.29) is 5.91 Å². The highest BCUT2D eigenvalue weighted by atomic mass is 79.9. The molecule has 1 aliphatic heterocycles. The summed E-state index contributed by atoms with van der Waals surface area (Å²) in [6.07, 6.45) is 3.94. The lowest BCUT2D eigenvalue weighted by Gasteiger charge is -2.35. The second kappa shape index (κ2) is 8.15. The molecule has 134 valence electrons. The molecule has 0 aliphatic carbocycles. The van der Waals surface area contributed by atoms with E-state index in [1.165, 1.54) is 0 Å². The second-order valence-corrected chi connectivity index (χ2v) is 7.69. The Bertz CT molecular complexity index is 720. The van der Waals surface area contributed by atoms with E-state index >= 15 is 0 Å². The van der Waals surface area contributed by atoms with E-state index in [9.17, 15) is 4.79 Å². The van der Waals surface area contributed by atoms with Crippen molar-refractivity contribution in [2.75, 3.05) is 32.7 Å². The zero-order valence-electron chi connectivity index (χ0n) is 14.9. The Morgan fingerprint density at radius 3 is 2.64 bits per heavy atom. The van der Waals surface area contributed by atoms with Crippen LogP contribution in [-0.4, -0.2) is 58.0 Å². The van der Waals surface area contributed by atoms with Gasteiger partial charge in [-0.1, -0.05) is 35.8 Å². The van der Waals surface area contributed by atoms with Gasteiger partial charge in [0.1, 0.15) is 5.82 Å². The van der Waals surface area contributed by atoms with Crippen molar-refractivity contribution in [3.05, 3.63) is 52.5 Å². The largest absolute Gasteiger partial charge is 0.336 e. The van der Waals surface area contributed by atoms with Crippen LogP contribution in [0.1, 0.15) is 35.9 Å². The van der Waals surface area contributed by atoms with E-state index in [1.54, 1.807) is 0 Å². The summed E-state index contributed by atoms with van der Waals surface area (Å²) in [5.41, 5.74) is 0.753. The number of halogens is 1. The van der Waals surface area contributed by atoms with Crippen molar-refractivity contribution < 1.29 is 4.79 Å². The Kier molecular flexibility index (Phi) is 5.91. The number of rotatable bonds is 5. The highest BCUT2D eigenvalue weighted by molar-refractivity contribution is 9.10. The molecule has 1 amide bonds. The van der Waals surface area contributed by atoms with E-state index < -0.39 is 0 Å². The van der Waals surface area contributed by atoms with Gasteiger partial charge in [0.15, 0.2) is 0 Å². The summed E-state index contributed by atoms with van der Waals surface area (Å²) in [5.74, 6) is 1.70. The summed E-state index contributed by atoms with van der Waals surface area (Å²) >= 11 is 3.43. The van der Waals surface area contributed by atoms with Gasteiger partial charge >= 0.3 is 0 Å². The molecular formula is C19H25BrN4O. The number of carbonyl (C=O) groups excluding carboxylic acids is 1. The van der Waals surface area contributed by atoms with Crippen molar-refractivity contribution in [3.8, 4) is 0 Å². The molecule has 1 aliphatic rings. The van der Waals surface area contributed by atoms with Crippen molar-refractivity contribution in [1.82, 2.24) is 19.4 Å². The number of carbonyl (C=O) groups is 1. The molecule has 6 heteroatoms. The zero-order valence-corrected chi connectivity index (χ0v) is 16.4. The van der Waals surface area contributed by atoms with Crippen molar-refractivity contribution >= 4 is 21.8 Å². The van der Waals surface area contributed by atoms with Gasteiger partial charge in [0.25, 0.3) is 5.91 Å². The fourth-order valence-corrected chi connectivity index (χ4v) is 3.64. The van der Waals surface area contributed by atoms with Crippen LogP contribution in [0.25, 0.3) is 0 Å². The van der Waals surface area contributed by atoms with Gasteiger partial charge in [-0.15, -0.1) is 0 Å². The van der Waals surface area contributed by atoms with Crippen molar-refractivity contribution in [2.45, 2.75) is 26.3 Å². The Hall–Kier alpha value is -1.66. The molecule has 0 atom stereocenters. The third kappa shape index (κ3) is 4.50. The van der Waals surface area contributed by atoms with Gasteiger partial charge in [0, 0.05) is 67.6 Å². The summed E-state index contributed by atoms with van der Waals surface area (Å²) in [4.78, 5) is 21.4. The quantitative estimate of drug-likeness (QED) is 0.767. The van der Waals surface area contributed by atoms with E-state index in [2.05, 4.69) is 50.4 Å². The van der Waals surface area contributed by atoms with Crippen molar-refractivity contribution in [2.24, 2.45) is 0 Å². The molecule has 5 nitrogen and oxygen atoms in total. The first-order valence-corrected chi connectivity index (χ1v) is 9.62. The van der Waals surface area contributed by atoms with Gasteiger partial charge in [-0.05, 0) is 18.2 Å². The van der Waals surface area contributed by atoms with E-state index in [4.69, 9.17) is 0 Å². The topological polar surface area (TPSA) is 41.4 Å². The first-order valence-electron chi connectivity index (χ1n) is 8.83. The maximum absolute atomic E-state index is 12.6. The van der Waals surface area contributed by atoms with E-state index in [1.807, 2.05) is 35.4 Å². The second-order valence-electron chi connectivity index (χ2n) is 6.78. The average molecular weight is 405 g/mol. The van der Waals surface area contributed by atoms with Crippen LogP contribution in [0.2, 0.25) is 0 Å². The van der Waals surface area contributed by atoms with Crippen LogP contribution < -0.4 is 0 Å². The molecule has 2 aromatic rings. The molecule has 0 bridgehead atoms. The number of aromatic nitrogens is 2. The Balaban J connectivity index is 1.50. The molecule has 1 fully saturated rings. The molecule has 0 unspecified atom stereocenters. The number of amides is 1. The summed E-state index contributed by atoms with van der Waals surface area (Å²) in [7, 11) is 0. The number of hydrogen-bond donors (Lipinski definition) is 0. The standard InChI is InChI=1S/C19H25BrN4O/c1-15(2)18-21-6-7-23(18)11-8-22-9-12-24(13-10-22)19(25)16-4-3-5-17(20)14-16/h3-7,14-15H,8-13H2,1-2H3. The minimum Gasteiger partial charge on any atom is -0.336 e. The number of piperazine rings is 1. The Morgan fingerprint density at radius 1 is 1.20 bits per heavy atom. The lowest BCUT2D eigenvalue weighted by molar-refractivity contribution is 0.0633. The molecule has 2 heterocycles. The van der Waals surface area contributed by atoms with Crippen LogP contribution in [0.3, 0.4) is 0 Å². The number of imidazole rings is 1. The first kappa shape index (κ1) is 18.1. The molecule has 1 aromatic heterocycles. The maximum atomic E-state index is 12.6. The SMILES string of the molecule is CC(C)c1nccn1CCN1CCN(C(=O)c2cccc(Br)c2)CC1. The molecule has 1 aromatic carbocycles. The highest BCUT2D eigenvalue weighted by Gasteiger charge is 2.22. The monoisotopic (exact) mass is 404 g/mol. The van der Waals surface area contributed by atoms with Crippen LogP contribution in [0.4, 0.5) is 0 Å². The van der Waals surface area contributed by atoms with Crippen LogP contribution >= 0.6 is 15.9 Å². The minimum atomic E-state index is 0.123. The first-order chi connectivity index (χ1) is 12.0. The molecule has 25 heavy (non-hydrogen) atoms. The lowest BCUT2D eigenvalue weighted by atomic mass is 10.2. The summed E-state index contributed by atoms with van der Waals surface area (Å²) in [6, 6.07) is 7.62. The van der Waals surface area contributed by atoms with Gasteiger partial charge in [-0.2, -0.15) is 0 Å². The highest BCUT2D eigenvalue weighted by Crippen LogP contribution is 2.15. The van der Waals surface area contributed by atoms with Gasteiger partial charge in [-0.25, -0.2) is 4.98 Å². The minimum absolute atomic E-state index is 0.123. The van der Waals surface area contributed by atoms with Crippen molar-refractivity contribution in [3.63, 3.8) is 0 Å². The van der Waals surface area contributed by atoms with E-state index in [0.29, 0.717) is 5.92 Å². The van der Waals surface area contributed by atoms with Crippen LogP contribution in [0, 0.1) is 0 Å². The predicted octanol–water partition coefficient (Wildman–Crippen LogP) is 3.23. The molecule has 0 saturated carbocycles. The summed E-state index contributed by atoms with van der Waals surface area (Å²) in [6.45, 7) is 9.70. The smallest absolute Gasteiger partial charge is 0.253 e. The van der Waals surface area contributed by atoms with E-state index in [0.717, 1.165) is 55.1 Å². The fraction of sp³-hybridized carbons (Fsp3) is 0.474. The fourth-order valence-electron chi connectivity index (χ4n) is 3.24.